The second-order valence-corrected chi connectivity index (χ2v) is 6.59. The number of aryl methyl sites for hydroxylation is 1. The number of amides is 1. The van der Waals surface area contributed by atoms with Crippen LogP contribution in [0.4, 0.5) is 0 Å². The predicted molar refractivity (Wildman–Crippen MR) is 101 cm³/mol. The van der Waals surface area contributed by atoms with E-state index in [1.165, 1.54) is 13.2 Å². The van der Waals surface area contributed by atoms with Crippen LogP contribution in [-0.2, 0) is 20.9 Å². The first-order valence-electron chi connectivity index (χ1n) is 8.23. The number of nitrogens with one attached hydrogen (secondary N) is 1. The Morgan fingerprint density at radius 2 is 2.19 bits per heavy atom. The van der Waals surface area contributed by atoms with E-state index in [1.54, 1.807) is 17.4 Å². The number of carbonyl (C=O) groups excluding carboxylic acids is 2. The lowest BCUT2D eigenvalue weighted by atomic mass is 10.2. The van der Waals surface area contributed by atoms with E-state index in [9.17, 15) is 9.59 Å². The van der Waals surface area contributed by atoms with Gasteiger partial charge in [-0.2, -0.15) is 0 Å². The van der Waals surface area contributed by atoms with Crippen molar-refractivity contribution < 1.29 is 19.1 Å². The van der Waals surface area contributed by atoms with Gasteiger partial charge in [-0.3, -0.25) is 9.59 Å². The summed E-state index contributed by atoms with van der Waals surface area (Å²) in [5.74, 6) is 0.231. The monoisotopic (exact) mass is 374 g/mol. The zero-order chi connectivity index (χ0) is 18.8. The normalized spacial score (nSPS) is 10.7. The van der Waals surface area contributed by atoms with Crippen molar-refractivity contribution in [2.24, 2.45) is 0 Å². The van der Waals surface area contributed by atoms with E-state index in [0.29, 0.717) is 26.0 Å². The Labute approximate surface area is 156 Å². The van der Waals surface area contributed by atoms with E-state index in [2.05, 4.69) is 15.0 Å². The van der Waals surface area contributed by atoms with E-state index < -0.39 is 0 Å². The van der Waals surface area contributed by atoms with Crippen LogP contribution < -0.4 is 10.1 Å². The Bertz CT molecular complexity index is 770. The molecule has 0 unspecified atom stereocenters. The van der Waals surface area contributed by atoms with Gasteiger partial charge in [-0.1, -0.05) is 12.1 Å². The average molecular weight is 374 g/mol. The molecule has 2 aromatic rings. The molecule has 138 valence electrons. The predicted octanol–water partition coefficient (Wildman–Crippen LogP) is 3.11. The first-order chi connectivity index (χ1) is 12.6. The molecule has 26 heavy (non-hydrogen) atoms. The van der Waals surface area contributed by atoms with Crippen molar-refractivity contribution in [1.82, 2.24) is 10.3 Å². The lowest BCUT2D eigenvalue weighted by Gasteiger charge is -2.05. The standard InChI is InChI=1S/C19H22N2O4S/c1-14-21-16(13-26-14)12-25-17-6-3-5-15(11-17)8-9-18(22)20-10-4-7-19(23)24-2/h3,5-6,8-9,11,13H,4,7,10,12H2,1-2H3,(H,20,22)/b9-8+. The van der Waals surface area contributed by atoms with E-state index in [-0.39, 0.29) is 11.9 Å². The number of methoxy groups -OCH3 is 1. The molecule has 6 nitrogen and oxygen atoms in total. The highest BCUT2D eigenvalue weighted by Crippen LogP contribution is 2.17. The minimum absolute atomic E-state index is 0.209. The molecular weight excluding hydrogens is 352 g/mol. The summed E-state index contributed by atoms with van der Waals surface area (Å²) in [6, 6.07) is 7.49. The smallest absolute Gasteiger partial charge is 0.305 e. The molecule has 0 saturated carbocycles. The van der Waals surface area contributed by atoms with Crippen molar-refractivity contribution in [3.05, 3.63) is 52.0 Å². The molecule has 1 aromatic heterocycles. The molecular formula is C19H22N2O4S. The third-order valence-electron chi connectivity index (χ3n) is 3.42. The van der Waals surface area contributed by atoms with Crippen molar-refractivity contribution in [2.75, 3.05) is 13.7 Å². The number of carbonyl (C=O) groups is 2. The summed E-state index contributed by atoms with van der Waals surface area (Å²) >= 11 is 1.59. The van der Waals surface area contributed by atoms with E-state index in [4.69, 9.17) is 4.74 Å². The highest BCUT2D eigenvalue weighted by molar-refractivity contribution is 7.09. The Morgan fingerprint density at radius 1 is 1.35 bits per heavy atom. The maximum Gasteiger partial charge on any atom is 0.305 e. The highest BCUT2D eigenvalue weighted by Gasteiger charge is 2.02. The molecule has 0 atom stereocenters. The van der Waals surface area contributed by atoms with Crippen LogP contribution in [0.3, 0.4) is 0 Å². The van der Waals surface area contributed by atoms with Gasteiger partial charge in [0.15, 0.2) is 0 Å². The number of thiazole rings is 1. The second-order valence-electron chi connectivity index (χ2n) is 5.52. The van der Waals surface area contributed by atoms with E-state index in [0.717, 1.165) is 22.0 Å². The summed E-state index contributed by atoms with van der Waals surface area (Å²) in [7, 11) is 1.35. The highest BCUT2D eigenvalue weighted by atomic mass is 32.1. The number of nitrogens with zero attached hydrogens (tertiary/aromatic N) is 1. The molecule has 0 aliphatic carbocycles. The largest absolute Gasteiger partial charge is 0.487 e. The van der Waals surface area contributed by atoms with Gasteiger partial charge in [-0.25, -0.2) is 4.98 Å². The molecule has 0 saturated heterocycles. The van der Waals surface area contributed by atoms with Gasteiger partial charge in [0.25, 0.3) is 0 Å². The topological polar surface area (TPSA) is 77.5 Å². The second kappa shape index (κ2) is 10.4. The van der Waals surface area contributed by atoms with Gasteiger partial charge in [0, 0.05) is 24.4 Å². The molecule has 0 bridgehead atoms. The molecule has 7 heteroatoms. The molecule has 1 N–H and O–H groups in total. The zero-order valence-corrected chi connectivity index (χ0v) is 15.7. The van der Waals surface area contributed by atoms with Crippen molar-refractivity contribution in [3.63, 3.8) is 0 Å². The zero-order valence-electron chi connectivity index (χ0n) is 14.9. The van der Waals surface area contributed by atoms with Crippen LogP contribution in [-0.4, -0.2) is 30.5 Å². The van der Waals surface area contributed by atoms with Gasteiger partial charge in [-0.15, -0.1) is 11.3 Å². The van der Waals surface area contributed by atoms with Crippen molar-refractivity contribution >= 4 is 29.3 Å². The summed E-state index contributed by atoms with van der Waals surface area (Å²) in [5.41, 5.74) is 1.77. The van der Waals surface area contributed by atoms with Crippen LogP contribution in [0.5, 0.6) is 5.75 Å². The molecule has 2 rings (SSSR count). The Balaban J connectivity index is 1.78. The van der Waals surface area contributed by atoms with Gasteiger partial charge in [0.1, 0.15) is 12.4 Å². The summed E-state index contributed by atoms with van der Waals surface area (Å²) in [5, 5.41) is 5.71. The van der Waals surface area contributed by atoms with Crippen LogP contribution in [0.25, 0.3) is 6.08 Å². The van der Waals surface area contributed by atoms with E-state index in [1.807, 2.05) is 36.6 Å². The van der Waals surface area contributed by atoms with Crippen LogP contribution in [0.2, 0.25) is 0 Å². The lowest BCUT2D eigenvalue weighted by molar-refractivity contribution is -0.140. The first-order valence-corrected chi connectivity index (χ1v) is 9.11. The fourth-order valence-electron chi connectivity index (χ4n) is 2.12. The van der Waals surface area contributed by atoms with E-state index >= 15 is 0 Å². The number of rotatable bonds is 9. The molecule has 1 amide bonds. The van der Waals surface area contributed by atoms with Gasteiger partial charge in [0.05, 0.1) is 17.8 Å². The maximum atomic E-state index is 11.8. The number of benzene rings is 1. The van der Waals surface area contributed by atoms with Gasteiger partial charge in [0.2, 0.25) is 5.91 Å². The van der Waals surface area contributed by atoms with Crippen molar-refractivity contribution in [1.29, 1.82) is 0 Å². The fraction of sp³-hybridized carbons (Fsp3) is 0.316. The minimum atomic E-state index is -0.278. The third kappa shape index (κ3) is 7.06. The van der Waals surface area contributed by atoms with Crippen molar-refractivity contribution in [3.8, 4) is 5.75 Å². The Hall–Kier alpha value is -2.67. The summed E-state index contributed by atoms with van der Waals surface area (Å²) in [6.45, 7) is 2.80. The van der Waals surface area contributed by atoms with Crippen molar-refractivity contribution in [2.45, 2.75) is 26.4 Å². The maximum absolute atomic E-state index is 11.8. The van der Waals surface area contributed by atoms with Crippen LogP contribution in [0.15, 0.2) is 35.7 Å². The molecule has 0 aliphatic rings. The summed E-state index contributed by atoms with van der Waals surface area (Å²) in [6.07, 6.45) is 4.01. The number of ether oxygens (including phenoxy) is 2. The fourth-order valence-corrected chi connectivity index (χ4v) is 2.71. The summed E-state index contributed by atoms with van der Waals surface area (Å²) in [4.78, 5) is 27.1. The molecule has 0 spiro atoms. The summed E-state index contributed by atoms with van der Waals surface area (Å²) < 4.78 is 10.3. The number of hydrogen-bond donors (Lipinski definition) is 1. The Kier molecular flexibility index (Phi) is 7.82. The molecule has 1 heterocycles. The number of hydrogen-bond acceptors (Lipinski definition) is 6. The molecule has 1 aromatic carbocycles. The molecule has 0 aliphatic heterocycles. The minimum Gasteiger partial charge on any atom is -0.487 e. The first kappa shape index (κ1) is 19.7. The SMILES string of the molecule is COC(=O)CCCNC(=O)/C=C/c1cccc(OCc2csc(C)n2)c1. The lowest BCUT2D eigenvalue weighted by Crippen LogP contribution is -2.22. The average Bonchev–Trinajstić information content (AvgIpc) is 3.07. The quantitative estimate of drug-likeness (QED) is 0.415. The molecule has 0 fully saturated rings. The van der Waals surface area contributed by atoms with Crippen LogP contribution in [0, 0.1) is 6.92 Å². The van der Waals surface area contributed by atoms with Gasteiger partial charge >= 0.3 is 5.97 Å². The number of esters is 1. The Morgan fingerprint density at radius 3 is 2.92 bits per heavy atom. The molecule has 0 radical (unpaired) electrons. The van der Waals surface area contributed by atoms with Gasteiger partial charge in [-0.05, 0) is 37.1 Å². The number of aromatic nitrogens is 1. The van der Waals surface area contributed by atoms with Gasteiger partial charge < -0.3 is 14.8 Å². The van der Waals surface area contributed by atoms with Crippen LogP contribution in [0.1, 0.15) is 29.1 Å². The third-order valence-corrected chi connectivity index (χ3v) is 4.25. The van der Waals surface area contributed by atoms with Crippen LogP contribution >= 0.6 is 11.3 Å².